The molecule has 0 amide bonds. The van der Waals surface area contributed by atoms with Gasteiger partial charge in [-0.2, -0.15) is 0 Å². The molecule has 0 heterocycles. The summed E-state index contributed by atoms with van der Waals surface area (Å²) in [7, 11) is 0. The maximum Gasteiger partial charge on any atom is 0.269 e. The van der Waals surface area contributed by atoms with Gasteiger partial charge in [0.05, 0.1) is 4.92 Å². The standard InChI is InChI=1S/C22H22ClN3O3/c23-21-7-3-1-6-18(21)16-29-22-8-4-2-5-17(22)15-24-13-14-25-19-9-11-20(12-10-19)26(27)28/h1-12,24-25H,13-16H2. The first-order valence-corrected chi connectivity index (χ1v) is 9.64. The smallest absolute Gasteiger partial charge is 0.269 e. The molecule has 0 saturated heterocycles. The third-order valence-corrected chi connectivity index (χ3v) is 4.71. The predicted molar refractivity (Wildman–Crippen MR) is 116 cm³/mol. The second-order valence-corrected chi connectivity index (χ2v) is 6.80. The van der Waals surface area contributed by atoms with Crippen LogP contribution in [0.5, 0.6) is 5.75 Å². The van der Waals surface area contributed by atoms with Crippen molar-refractivity contribution in [3.8, 4) is 5.75 Å². The molecular formula is C22H22ClN3O3. The van der Waals surface area contributed by atoms with E-state index in [1.165, 1.54) is 12.1 Å². The van der Waals surface area contributed by atoms with E-state index < -0.39 is 4.92 Å². The molecule has 3 aromatic rings. The van der Waals surface area contributed by atoms with E-state index in [-0.39, 0.29) is 5.69 Å². The second kappa shape index (κ2) is 10.5. The largest absolute Gasteiger partial charge is 0.489 e. The molecular weight excluding hydrogens is 390 g/mol. The SMILES string of the molecule is O=[N+]([O-])c1ccc(NCCNCc2ccccc2OCc2ccccc2Cl)cc1. The number of rotatable bonds is 10. The highest BCUT2D eigenvalue weighted by Gasteiger charge is 2.06. The normalized spacial score (nSPS) is 10.5. The van der Waals surface area contributed by atoms with Crippen molar-refractivity contribution >= 4 is 23.0 Å². The number of nitrogens with one attached hydrogen (secondary N) is 2. The van der Waals surface area contributed by atoms with Crippen LogP contribution in [0.15, 0.2) is 72.8 Å². The lowest BCUT2D eigenvalue weighted by Gasteiger charge is -2.13. The first-order chi connectivity index (χ1) is 14.1. The highest BCUT2D eigenvalue weighted by atomic mass is 35.5. The van der Waals surface area contributed by atoms with Crippen LogP contribution in [-0.2, 0) is 13.2 Å². The van der Waals surface area contributed by atoms with Gasteiger partial charge in [0.2, 0.25) is 0 Å². The minimum Gasteiger partial charge on any atom is -0.489 e. The van der Waals surface area contributed by atoms with E-state index in [9.17, 15) is 10.1 Å². The van der Waals surface area contributed by atoms with Gasteiger partial charge < -0.3 is 15.4 Å². The van der Waals surface area contributed by atoms with Gasteiger partial charge >= 0.3 is 0 Å². The minimum atomic E-state index is -0.406. The van der Waals surface area contributed by atoms with Gasteiger partial charge in [0.1, 0.15) is 12.4 Å². The highest BCUT2D eigenvalue weighted by molar-refractivity contribution is 6.31. The zero-order valence-corrected chi connectivity index (χ0v) is 16.6. The molecule has 6 nitrogen and oxygen atoms in total. The Labute approximate surface area is 174 Å². The summed E-state index contributed by atoms with van der Waals surface area (Å²) >= 11 is 6.19. The van der Waals surface area contributed by atoms with Crippen molar-refractivity contribution in [2.75, 3.05) is 18.4 Å². The molecule has 0 aliphatic rings. The van der Waals surface area contributed by atoms with Crippen LogP contribution in [0.1, 0.15) is 11.1 Å². The number of hydrogen-bond acceptors (Lipinski definition) is 5. The first kappa shape index (κ1) is 20.6. The van der Waals surface area contributed by atoms with Crippen LogP contribution in [0.2, 0.25) is 5.02 Å². The molecule has 150 valence electrons. The summed E-state index contributed by atoms with van der Waals surface area (Å²) < 4.78 is 5.97. The Balaban J connectivity index is 1.45. The van der Waals surface area contributed by atoms with Crippen molar-refractivity contribution in [2.24, 2.45) is 0 Å². The van der Waals surface area contributed by atoms with E-state index in [1.807, 2.05) is 48.5 Å². The number of para-hydroxylation sites is 1. The lowest BCUT2D eigenvalue weighted by molar-refractivity contribution is -0.384. The number of anilines is 1. The van der Waals surface area contributed by atoms with Crippen molar-refractivity contribution in [1.82, 2.24) is 5.32 Å². The number of ether oxygens (including phenoxy) is 1. The first-order valence-electron chi connectivity index (χ1n) is 9.26. The van der Waals surface area contributed by atoms with Crippen molar-refractivity contribution in [3.05, 3.63) is 99.1 Å². The summed E-state index contributed by atoms with van der Waals surface area (Å²) in [6.07, 6.45) is 0. The van der Waals surface area contributed by atoms with Crippen molar-refractivity contribution in [2.45, 2.75) is 13.2 Å². The van der Waals surface area contributed by atoms with Crippen molar-refractivity contribution in [3.63, 3.8) is 0 Å². The van der Waals surface area contributed by atoms with Gasteiger partial charge in [-0.1, -0.05) is 48.0 Å². The van der Waals surface area contributed by atoms with Crippen LogP contribution in [0.4, 0.5) is 11.4 Å². The van der Waals surface area contributed by atoms with E-state index in [4.69, 9.17) is 16.3 Å². The molecule has 0 radical (unpaired) electrons. The molecule has 0 unspecified atom stereocenters. The fraction of sp³-hybridized carbons (Fsp3) is 0.182. The van der Waals surface area contributed by atoms with Gasteiger partial charge in [-0.15, -0.1) is 0 Å². The van der Waals surface area contributed by atoms with Crippen LogP contribution < -0.4 is 15.4 Å². The van der Waals surface area contributed by atoms with Gasteiger partial charge in [-0.3, -0.25) is 10.1 Å². The van der Waals surface area contributed by atoms with Crippen LogP contribution in [0.25, 0.3) is 0 Å². The number of benzene rings is 3. The fourth-order valence-electron chi connectivity index (χ4n) is 2.78. The van der Waals surface area contributed by atoms with Crippen molar-refractivity contribution < 1.29 is 9.66 Å². The third kappa shape index (κ3) is 6.20. The Bertz CT molecular complexity index is 948. The molecule has 0 aliphatic heterocycles. The van der Waals surface area contributed by atoms with Gasteiger partial charge in [0.15, 0.2) is 0 Å². The Kier molecular flexibility index (Phi) is 7.44. The van der Waals surface area contributed by atoms with E-state index in [0.29, 0.717) is 24.7 Å². The highest BCUT2D eigenvalue weighted by Crippen LogP contribution is 2.22. The van der Waals surface area contributed by atoms with Crippen LogP contribution >= 0.6 is 11.6 Å². The maximum absolute atomic E-state index is 10.7. The van der Waals surface area contributed by atoms with E-state index >= 15 is 0 Å². The Hall–Kier alpha value is -3.09. The average molecular weight is 412 g/mol. The number of halogens is 1. The van der Waals surface area contributed by atoms with E-state index in [0.717, 1.165) is 29.1 Å². The number of nitro groups is 1. The molecule has 0 aliphatic carbocycles. The van der Waals surface area contributed by atoms with E-state index in [2.05, 4.69) is 10.6 Å². The fourth-order valence-corrected chi connectivity index (χ4v) is 2.97. The number of nitro benzene ring substituents is 1. The van der Waals surface area contributed by atoms with Gasteiger partial charge in [0, 0.05) is 53.6 Å². The Morgan fingerprint density at radius 2 is 1.59 bits per heavy atom. The zero-order valence-electron chi connectivity index (χ0n) is 15.8. The number of hydrogen-bond donors (Lipinski definition) is 2. The summed E-state index contributed by atoms with van der Waals surface area (Å²) in [4.78, 5) is 10.3. The summed E-state index contributed by atoms with van der Waals surface area (Å²) in [5, 5.41) is 18.0. The molecule has 3 aromatic carbocycles. The second-order valence-electron chi connectivity index (χ2n) is 6.40. The zero-order chi connectivity index (χ0) is 20.5. The molecule has 3 rings (SSSR count). The predicted octanol–water partition coefficient (Wildman–Crippen LogP) is 5.03. The van der Waals surface area contributed by atoms with Gasteiger partial charge in [0.25, 0.3) is 5.69 Å². The molecule has 7 heteroatoms. The molecule has 0 fully saturated rings. The molecule has 0 atom stereocenters. The molecule has 0 aromatic heterocycles. The molecule has 0 spiro atoms. The maximum atomic E-state index is 10.7. The number of non-ortho nitro benzene ring substituents is 1. The minimum absolute atomic E-state index is 0.0853. The summed E-state index contributed by atoms with van der Waals surface area (Å²) in [6, 6.07) is 21.9. The lowest BCUT2D eigenvalue weighted by Crippen LogP contribution is -2.22. The summed E-state index contributed by atoms with van der Waals surface area (Å²) in [5.74, 6) is 0.822. The van der Waals surface area contributed by atoms with Gasteiger partial charge in [-0.25, -0.2) is 0 Å². The molecule has 29 heavy (non-hydrogen) atoms. The molecule has 0 saturated carbocycles. The van der Waals surface area contributed by atoms with Crippen LogP contribution in [-0.4, -0.2) is 18.0 Å². The monoisotopic (exact) mass is 411 g/mol. The lowest BCUT2D eigenvalue weighted by atomic mass is 10.2. The van der Waals surface area contributed by atoms with Crippen LogP contribution in [0.3, 0.4) is 0 Å². The van der Waals surface area contributed by atoms with Crippen LogP contribution in [0, 0.1) is 10.1 Å². The Morgan fingerprint density at radius 3 is 2.31 bits per heavy atom. The molecule has 2 N–H and O–H groups in total. The van der Waals surface area contributed by atoms with Crippen molar-refractivity contribution in [1.29, 1.82) is 0 Å². The summed E-state index contributed by atoms with van der Waals surface area (Å²) in [5.41, 5.74) is 2.95. The quantitative estimate of drug-likeness (QED) is 0.278. The van der Waals surface area contributed by atoms with E-state index in [1.54, 1.807) is 12.1 Å². The molecule has 0 bridgehead atoms. The Morgan fingerprint density at radius 1 is 0.897 bits per heavy atom. The topological polar surface area (TPSA) is 76.4 Å². The summed E-state index contributed by atoms with van der Waals surface area (Å²) in [6.45, 7) is 2.51. The number of nitrogens with zero attached hydrogens (tertiary/aromatic N) is 1. The van der Waals surface area contributed by atoms with Gasteiger partial charge in [-0.05, 0) is 24.3 Å². The third-order valence-electron chi connectivity index (χ3n) is 4.34. The average Bonchev–Trinajstić information content (AvgIpc) is 2.74.